The van der Waals surface area contributed by atoms with E-state index in [1.54, 1.807) is 67.6 Å². The van der Waals surface area contributed by atoms with Gasteiger partial charge in [-0.2, -0.15) is 0 Å². The number of carbonyl (C=O) groups is 1. The van der Waals surface area contributed by atoms with Crippen molar-refractivity contribution in [2.45, 2.75) is 13.0 Å². The van der Waals surface area contributed by atoms with Gasteiger partial charge in [0.2, 0.25) is 5.89 Å². The minimum Gasteiger partial charge on any atom is -0.479 e. The van der Waals surface area contributed by atoms with Gasteiger partial charge in [-0.15, -0.1) is 0 Å². The highest BCUT2D eigenvalue weighted by Crippen LogP contribution is 2.32. The smallest absolute Gasteiger partial charge is 0.439 e. The standard InChI is InChI=1S/C24H16Cl2N4O5/c1-12(33-19-4-2-3-16(25)20(19)26)22(31)27-15-9-10-18-17(11-15)28-23(34-18)14-7-5-13(6-8-14)21-29-24(32)35-30-21/h2-12H,1H3,(H,27,31)(H,29,30,32)/t12-/m0/s1. The van der Waals surface area contributed by atoms with Crippen molar-refractivity contribution < 1.29 is 18.5 Å². The number of aromatic nitrogens is 3. The first-order valence-electron chi connectivity index (χ1n) is 10.4. The van der Waals surface area contributed by atoms with Crippen LogP contribution in [-0.4, -0.2) is 27.1 Å². The fraction of sp³-hybridized carbons (Fsp3) is 0.0833. The zero-order chi connectivity index (χ0) is 24.5. The lowest BCUT2D eigenvalue weighted by Gasteiger charge is -2.16. The summed E-state index contributed by atoms with van der Waals surface area (Å²) in [4.78, 5) is 30.8. The maximum Gasteiger partial charge on any atom is 0.439 e. The quantitative estimate of drug-likeness (QED) is 0.306. The van der Waals surface area contributed by atoms with Crippen molar-refractivity contribution in [3.8, 4) is 28.6 Å². The molecule has 5 aromatic rings. The van der Waals surface area contributed by atoms with Crippen molar-refractivity contribution in [3.63, 3.8) is 0 Å². The summed E-state index contributed by atoms with van der Waals surface area (Å²) in [5.74, 6) is 0.0522. The van der Waals surface area contributed by atoms with Gasteiger partial charge in [-0.1, -0.05) is 46.6 Å². The second kappa shape index (κ2) is 9.28. The van der Waals surface area contributed by atoms with Crippen LogP contribution in [0.3, 0.4) is 0 Å². The van der Waals surface area contributed by atoms with E-state index in [2.05, 4.69) is 25.0 Å². The van der Waals surface area contributed by atoms with E-state index in [0.29, 0.717) is 44.8 Å². The Morgan fingerprint density at radius 1 is 1.09 bits per heavy atom. The molecule has 5 rings (SSSR count). The van der Waals surface area contributed by atoms with Gasteiger partial charge in [0.15, 0.2) is 17.5 Å². The Balaban J connectivity index is 1.31. The van der Waals surface area contributed by atoms with Crippen LogP contribution in [0.1, 0.15) is 6.92 Å². The molecule has 1 atom stereocenters. The van der Waals surface area contributed by atoms with Crippen molar-refractivity contribution in [2.75, 3.05) is 5.32 Å². The highest BCUT2D eigenvalue weighted by atomic mass is 35.5. The van der Waals surface area contributed by atoms with Crippen LogP contribution < -0.4 is 15.8 Å². The summed E-state index contributed by atoms with van der Waals surface area (Å²) < 4.78 is 16.0. The molecule has 0 radical (unpaired) electrons. The van der Waals surface area contributed by atoms with Crippen molar-refractivity contribution in [2.24, 2.45) is 0 Å². The van der Waals surface area contributed by atoms with Gasteiger partial charge in [-0.05, 0) is 49.4 Å². The molecule has 9 nitrogen and oxygen atoms in total. The third-order valence-corrected chi connectivity index (χ3v) is 5.89. The fourth-order valence-corrected chi connectivity index (χ4v) is 3.65. The van der Waals surface area contributed by atoms with Gasteiger partial charge in [-0.25, -0.2) is 9.78 Å². The lowest BCUT2D eigenvalue weighted by atomic mass is 10.1. The maximum atomic E-state index is 12.6. The van der Waals surface area contributed by atoms with Crippen molar-refractivity contribution >= 4 is 45.9 Å². The fourth-order valence-electron chi connectivity index (χ4n) is 3.32. The molecule has 0 aliphatic rings. The summed E-state index contributed by atoms with van der Waals surface area (Å²) in [6.45, 7) is 1.61. The molecule has 0 unspecified atom stereocenters. The van der Waals surface area contributed by atoms with Crippen molar-refractivity contribution in [1.29, 1.82) is 0 Å². The van der Waals surface area contributed by atoms with Gasteiger partial charge in [0.25, 0.3) is 5.91 Å². The molecule has 0 fully saturated rings. The van der Waals surface area contributed by atoms with Gasteiger partial charge >= 0.3 is 5.76 Å². The summed E-state index contributed by atoms with van der Waals surface area (Å²) in [6.07, 6.45) is -0.826. The van der Waals surface area contributed by atoms with E-state index in [1.807, 2.05) is 0 Å². The summed E-state index contributed by atoms with van der Waals surface area (Å²) in [5.41, 5.74) is 3.05. The molecule has 2 aromatic heterocycles. The number of hydrogen-bond donors (Lipinski definition) is 2. The Bertz CT molecular complexity index is 1590. The van der Waals surface area contributed by atoms with Gasteiger partial charge in [-0.3, -0.25) is 14.3 Å². The number of benzene rings is 3. The predicted molar refractivity (Wildman–Crippen MR) is 131 cm³/mol. The number of anilines is 1. The van der Waals surface area contributed by atoms with E-state index < -0.39 is 11.9 Å². The molecule has 2 heterocycles. The highest BCUT2D eigenvalue weighted by Gasteiger charge is 2.18. The molecule has 0 bridgehead atoms. The van der Waals surface area contributed by atoms with Gasteiger partial charge in [0, 0.05) is 16.8 Å². The van der Waals surface area contributed by atoms with Crippen LogP contribution in [0.5, 0.6) is 5.75 Å². The lowest BCUT2D eigenvalue weighted by Crippen LogP contribution is -2.30. The third kappa shape index (κ3) is 4.77. The predicted octanol–water partition coefficient (Wildman–Crippen LogP) is 5.55. The first kappa shape index (κ1) is 22.7. The number of hydrogen-bond acceptors (Lipinski definition) is 7. The van der Waals surface area contributed by atoms with Crippen LogP contribution in [0, 0.1) is 0 Å². The molecule has 2 N–H and O–H groups in total. The third-order valence-electron chi connectivity index (χ3n) is 5.09. The number of rotatable bonds is 6. The topological polar surface area (TPSA) is 123 Å². The number of aromatic amines is 1. The Kier molecular flexibility index (Phi) is 6.02. The van der Waals surface area contributed by atoms with Crippen LogP contribution in [0.15, 0.2) is 74.4 Å². The van der Waals surface area contributed by atoms with Crippen LogP contribution >= 0.6 is 23.2 Å². The summed E-state index contributed by atoms with van der Waals surface area (Å²) in [5, 5.41) is 7.04. The molecule has 0 aliphatic carbocycles. The van der Waals surface area contributed by atoms with E-state index in [4.69, 9.17) is 32.4 Å². The molecule has 11 heteroatoms. The number of fused-ring (bicyclic) bond motifs is 1. The average Bonchev–Trinajstić information content (AvgIpc) is 3.48. The first-order chi connectivity index (χ1) is 16.9. The first-order valence-corrected chi connectivity index (χ1v) is 11.1. The zero-order valence-electron chi connectivity index (χ0n) is 18.0. The van der Waals surface area contributed by atoms with Crippen LogP contribution in [0.2, 0.25) is 10.0 Å². The molecule has 1 amide bonds. The SMILES string of the molecule is C[C@H](Oc1cccc(Cl)c1Cl)C(=O)Nc1ccc2oc(-c3ccc(-c4noc(=O)[nH]4)cc3)nc2c1. The van der Waals surface area contributed by atoms with Gasteiger partial charge in [0.1, 0.15) is 16.3 Å². The number of halogens is 2. The van der Waals surface area contributed by atoms with Gasteiger partial charge < -0.3 is 14.5 Å². The second-order valence-corrected chi connectivity index (χ2v) is 8.31. The van der Waals surface area contributed by atoms with E-state index in [0.717, 1.165) is 5.56 Å². The largest absolute Gasteiger partial charge is 0.479 e. The number of amides is 1. The molecule has 176 valence electrons. The Morgan fingerprint density at radius 2 is 1.86 bits per heavy atom. The average molecular weight is 511 g/mol. The monoisotopic (exact) mass is 510 g/mol. The molecular weight excluding hydrogens is 495 g/mol. The maximum absolute atomic E-state index is 12.6. The van der Waals surface area contributed by atoms with E-state index in [9.17, 15) is 9.59 Å². The molecule has 3 aromatic carbocycles. The number of oxazole rings is 1. The number of nitrogens with one attached hydrogen (secondary N) is 2. The van der Waals surface area contributed by atoms with Crippen LogP contribution in [-0.2, 0) is 4.79 Å². The number of nitrogens with zero attached hydrogens (tertiary/aromatic N) is 2. The number of carbonyl (C=O) groups excluding carboxylic acids is 1. The molecule has 35 heavy (non-hydrogen) atoms. The van der Waals surface area contributed by atoms with Crippen LogP contribution in [0.4, 0.5) is 5.69 Å². The normalized spacial score (nSPS) is 12.0. The Hall–Kier alpha value is -4.08. The zero-order valence-corrected chi connectivity index (χ0v) is 19.6. The van der Waals surface area contributed by atoms with Gasteiger partial charge in [0.05, 0.1) is 5.02 Å². The summed E-state index contributed by atoms with van der Waals surface area (Å²) in [6, 6.07) is 17.2. The molecule has 0 saturated heterocycles. The Labute approximate surface area is 207 Å². The number of ether oxygens (including phenoxy) is 1. The lowest BCUT2D eigenvalue weighted by molar-refractivity contribution is -0.122. The molecular formula is C24H16Cl2N4O5. The van der Waals surface area contributed by atoms with Crippen molar-refractivity contribution in [1.82, 2.24) is 15.1 Å². The van der Waals surface area contributed by atoms with Crippen molar-refractivity contribution in [3.05, 3.63) is 81.3 Å². The molecule has 0 saturated carbocycles. The molecule has 0 aliphatic heterocycles. The highest BCUT2D eigenvalue weighted by molar-refractivity contribution is 6.42. The van der Waals surface area contributed by atoms with Crippen LogP contribution in [0.25, 0.3) is 33.9 Å². The second-order valence-electron chi connectivity index (χ2n) is 7.52. The Morgan fingerprint density at radius 3 is 2.60 bits per heavy atom. The molecule has 0 spiro atoms. The van der Waals surface area contributed by atoms with E-state index in [-0.39, 0.29) is 10.9 Å². The summed E-state index contributed by atoms with van der Waals surface area (Å²) >= 11 is 12.1. The van der Waals surface area contributed by atoms with E-state index in [1.165, 1.54) is 0 Å². The summed E-state index contributed by atoms with van der Waals surface area (Å²) in [7, 11) is 0. The number of H-pyrrole nitrogens is 1. The van der Waals surface area contributed by atoms with E-state index >= 15 is 0 Å². The minimum absolute atomic E-state index is 0.243. The minimum atomic E-state index is -0.826.